The molecule has 0 unspecified atom stereocenters. The maximum Gasteiger partial charge on any atom is 0.274 e. The molecule has 7 nitrogen and oxygen atoms in total. The van der Waals surface area contributed by atoms with Crippen LogP contribution in [0.25, 0.3) is 0 Å². The molecule has 2 aromatic carbocycles. The van der Waals surface area contributed by atoms with Crippen LogP contribution in [0, 0.1) is 10.1 Å². The zero-order chi connectivity index (χ0) is 18.7. The SMILES string of the molecule is CNC(=S)N1N=C(c2ccc(OC)cc2)C[C@H]1c1ccccc1[N+](=O)[O-]. The number of nitrogens with one attached hydrogen (secondary N) is 1. The summed E-state index contributed by atoms with van der Waals surface area (Å²) in [5, 5.41) is 21.0. The van der Waals surface area contributed by atoms with Crippen LogP contribution in [-0.4, -0.2) is 34.9 Å². The molecule has 8 heteroatoms. The molecule has 0 saturated carbocycles. The van der Waals surface area contributed by atoms with E-state index in [0.717, 1.165) is 17.0 Å². The standard InChI is InChI=1S/C18H18N4O3S/c1-19-18(26)21-17(14-5-3-4-6-16(14)22(23)24)11-15(20-21)12-7-9-13(25-2)10-8-12/h3-10,17H,11H2,1-2H3,(H,19,26)/t17-/m0/s1. The number of hydrogen-bond acceptors (Lipinski definition) is 5. The second-order valence-corrected chi connectivity index (χ2v) is 6.10. The van der Waals surface area contributed by atoms with E-state index in [1.165, 1.54) is 6.07 Å². The molecule has 0 aromatic heterocycles. The molecule has 1 aliphatic heterocycles. The molecule has 1 heterocycles. The lowest BCUT2D eigenvalue weighted by atomic mass is 9.97. The lowest BCUT2D eigenvalue weighted by Crippen LogP contribution is -2.34. The first-order valence-corrected chi connectivity index (χ1v) is 8.42. The molecule has 2 aromatic rings. The molecule has 0 radical (unpaired) electrons. The van der Waals surface area contributed by atoms with Crippen molar-refractivity contribution in [3.8, 4) is 5.75 Å². The first kappa shape index (κ1) is 17.8. The van der Waals surface area contributed by atoms with Gasteiger partial charge in [0.2, 0.25) is 0 Å². The third-order valence-corrected chi connectivity index (χ3v) is 4.64. The van der Waals surface area contributed by atoms with Crippen molar-refractivity contribution in [3.05, 3.63) is 69.8 Å². The van der Waals surface area contributed by atoms with E-state index >= 15 is 0 Å². The van der Waals surface area contributed by atoms with Gasteiger partial charge in [0.1, 0.15) is 5.75 Å². The summed E-state index contributed by atoms with van der Waals surface area (Å²) < 4.78 is 5.19. The number of nitrogens with zero attached hydrogens (tertiary/aromatic N) is 3. The van der Waals surface area contributed by atoms with Gasteiger partial charge >= 0.3 is 0 Å². The zero-order valence-corrected chi connectivity index (χ0v) is 15.2. The van der Waals surface area contributed by atoms with E-state index in [2.05, 4.69) is 10.4 Å². The van der Waals surface area contributed by atoms with E-state index in [-0.39, 0.29) is 16.7 Å². The molecule has 0 aliphatic carbocycles. The van der Waals surface area contributed by atoms with Crippen LogP contribution in [0.1, 0.15) is 23.6 Å². The van der Waals surface area contributed by atoms with Crippen molar-refractivity contribution in [1.29, 1.82) is 0 Å². The van der Waals surface area contributed by atoms with Gasteiger partial charge in [-0.05, 0) is 48.1 Å². The number of nitro groups is 1. The number of methoxy groups -OCH3 is 1. The molecule has 1 N–H and O–H groups in total. The Morgan fingerprint density at radius 3 is 2.62 bits per heavy atom. The summed E-state index contributed by atoms with van der Waals surface area (Å²) in [6.45, 7) is 0. The molecule has 1 atom stereocenters. The molecule has 0 spiro atoms. The van der Waals surface area contributed by atoms with E-state index in [1.807, 2.05) is 24.3 Å². The van der Waals surface area contributed by atoms with Gasteiger partial charge in [-0.15, -0.1) is 0 Å². The third kappa shape index (κ3) is 3.36. The summed E-state index contributed by atoms with van der Waals surface area (Å²) in [5.74, 6) is 0.755. The van der Waals surface area contributed by atoms with Gasteiger partial charge in [0, 0.05) is 19.5 Å². The van der Waals surface area contributed by atoms with Crippen molar-refractivity contribution < 1.29 is 9.66 Å². The summed E-state index contributed by atoms with van der Waals surface area (Å²) in [5.41, 5.74) is 2.39. The van der Waals surface area contributed by atoms with Crippen LogP contribution in [0.4, 0.5) is 5.69 Å². The Morgan fingerprint density at radius 2 is 2.00 bits per heavy atom. The number of hydrazone groups is 1. The lowest BCUT2D eigenvalue weighted by Gasteiger charge is -2.23. The smallest absolute Gasteiger partial charge is 0.274 e. The van der Waals surface area contributed by atoms with Crippen LogP contribution in [-0.2, 0) is 0 Å². The molecule has 1 aliphatic rings. The van der Waals surface area contributed by atoms with E-state index in [4.69, 9.17) is 17.0 Å². The quantitative estimate of drug-likeness (QED) is 0.505. The lowest BCUT2D eigenvalue weighted by molar-refractivity contribution is -0.385. The Labute approximate surface area is 156 Å². The van der Waals surface area contributed by atoms with Crippen LogP contribution in [0.5, 0.6) is 5.75 Å². The minimum Gasteiger partial charge on any atom is -0.497 e. The van der Waals surface area contributed by atoms with Gasteiger partial charge < -0.3 is 10.1 Å². The van der Waals surface area contributed by atoms with Crippen molar-refractivity contribution in [1.82, 2.24) is 10.3 Å². The molecular weight excluding hydrogens is 352 g/mol. The number of hydrogen-bond donors (Lipinski definition) is 1. The maximum atomic E-state index is 11.4. The Kier molecular flexibility index (Phi) is 5.13. The average Bonchev–Trinajstić information content (AvgIpc) is 3.12. The molecule has 134 valence electrons. The highest BCUT2D eigenvalue weighted by Gasteiger charge is 2.35. The molecule has 0 fully saturated rings. The van der Waals surface area contributed by atoms with E-state index in [0.29, 0.717) is 17.1 Å². The van der Waals surface area contributed by atoms with Crippen LogP contribution in [0.3, 0.4) is 0 Å². The first-order chi connectivity index (χ1) is 12.5. The number of rotatable bonds is 4. The van der Waals surface area contributed by atoms with Crippen LogP contribution < -0.4 is 10.1 Å². The van der Waals surface area contributed by atoms with E-state index in [1.54, 1.807) is 37.4 Å². The highest BCUT2D eigenvalue weighted by atomic mass is 32.1. The summed E-state index contributed by atoms with van der Waals surface area (Å²) in [4.78, 5) is 11.1. The second kappa shape index (κ2) is 7.49. The predicted molar refractivity (Wildman–Crippen MR) is 103 cm³/mol. The largest absolute Gasteiger partial charge is 0.497 e. The predicted octanol–water partition coefficient (Wildman–Crippen LogP) is 3.26. The molecule has 26 heavy (non-hydrogen) atoms. The number of para-hydroxylation sites is 1. The normalized spacial score (nSPS) is 16.2. The Balaban J connectivity index is 1.99. The Bertz CT molecular complexity index is 867. The van der Waals surface area contributed by atoms with Crippen molar-refractivity contribution in [2.45, 2.75) is 12.5 Å². The van der Waals surface area contributed by atoms with Crippen LogP contribution in [0.2, 0.25) is 0 Å². The zero-order valence-electron chi connectivity index (χ0n) is 14.4. The summed E-state index contributed by atoms with van der Waals surface area (Å²) >= 11 is 5.36. The highest BCUT2D eigenvalue weighted by molar-refractivity contribution is 7.80. The van der Waals surface area contributed by atoms with Gasteiger partial charge in [-0.1, -0.05) is 12.1 Å². The van der Waals surface area contributed by atoms with Crippen LogP contribution >= 0.6 is 12.2 Å². The molecule has 0 saturated heterocycles. The van der Waals surface area contributed by atoms with Crippen molar-refractivity contribution in [2.75, 3.05) is 14.2 Å². The minimum absolute atomic E-state index is 0.0626. The average molecular weight is 370 g/mol. The molecule has 3 rings (SSSR count). The third-order valence-electron chi connectivity index (χ3n) is 4.25. The van der Waals surface area contributed by atoms with Gasteiger partial charge in [0.05, 0.1) is 29.4 Å². The maximum absolute atomic E-state index is 11.4. The number of ether oxygens (including phenoxy) is 1. The van der Waals surface area contributed by atoms with Crippen molar-refractivity contribution >= 4 is 28.7 Å². The number of thiocarbonyl (C=S) groups is 1. The fourth-order valence-corrected chi connectivity index (χ4v) is 3.12. The van der Waals surface area contributed by atoms with Crippen molar-refractivity contribution in [3.63, 3.8) is 0 Å². The Morgan fingerprint density at radius 1 is 1.31 bits per heavy atom. The highest BCUT2D eigenvalue weighted by Crippen LogP contribution is 2.37. The van der Waals surface area contributed by atoms with Gasteiger partial charge in [0.15, 0.2) is 5.11 Å². The van der Waals surface area contributed by atoms with Gasteiger partial charge in [-0.3, -0.25) is 10.1 Å². The van der Waals surface area contributed by atoms with Gasteiger partial charge in [-0.2, -0.15) is 5.10 Å². The van der Waals surface area contributed by atoms with Crippen molar-refractivity contribution in [2.24, 2.45) is 5.10 Å². The summed E-state index contributed by atoms with van der Waals surface area (Å²) in [6.07, 6.45) is 0.513. The van der Waals surface area contributed by atoms with E-state index in [9.17, 15) is 10.1 Å². The Hall–Kier alpha value is -3.00. The molecule has 0 amide bonds. The first-order valence-electron chi connectivity index (χ1n) is 8.01. The number of nitro benzene ring substituents is 1. The van der Waals surface area contributed by atoms with E-state index < -0.39 is 0 Å². The number of benzene rings is 2. The monoisotopic (exact) mass is 370 g/mol. The molecule has 0 bridgehead atoms. The molecular formula is C18H18N4O3S. The summed E-state index contributed by atoms with van der Waals surface area (Å²) in [7, 11) is 3.32. The summed E-state index contributed by atoms with van der Waals surface area (Å²) in [6, 6.07) is 13.9. The minimum atomic E-state index is -0.374. The fraction of sp³-hybridized carbons (Fsp3) is 0.222. The second-order valence-electron chi connectivity index (χ2n) is 5.71. The topological polar surface area (TPSA) is 80.0 Å². The van der Waals surface area contributed by atoms with Gasteiger partial charge in [0.25, 0.3) is 5.69 Å². The van der Waals surface area contributed by atoms with Gasteiger partial charge in [-0.25, -0.2) is 5.01 Å². The fourth-order valence-electron chi connectivity index (χ4n) is 2.95. The van der Waals surface area contributed by atoms with Crippen LogP contribution in [0.15, 0.2) is 53.6 Å².